The topological polar surface area (TPSA) is 26.0 Å². The fraction of sp³-hybridized carbons (Fsp3) is 0.571. The quantitative estimate of drug-likeness (QED) is 0.785. The van der Waals surface area contributed by atoms with E-state index in [0.29, 0.717) is 0 Å². The van der Waals surface area contributed by atoms with Gasteiger partial charge in [0, 0.05) is 11.0 Å². The molecule has 0 aromatic heterocycles. The van der Waals surface area contributed by atoms with Crippen molar-refractivity contribution in [3.8, 4) is 0 Å². The first-order chi connectivity index (χ1) is 6.87. The zero-order chi connectivity index (χ0) is 11.3. The van der Waals surface area contributed by atoms with Crippen LogP contribution in [0.4, 0.5) is 0 Å². The lowest BCUT2D eigenvalue weighted by Crippen LogP contribution is -2.43. The second-order valence-corrected chi connectivity index (χ2v) is 5.60. The highest BCUT2D eigenvalue weighted by molar-refractivity contribution is 5.40. The molecule has 0 amide bonds. The van der Waals surface area contributed by atoms with E-state index in [-0.39, 0.29) is 11.0 Å². The molecule has 0 aliphatic heterocycles. The maximum atomic E-state index is 6.36. The van der Waals surface area contributed by atoms with Gasteiger partial charge in [-0.2, -0.15) is 0 Å². The monoisotopic (exact) mass is 203 g/mol. The molecule has 1 aliphatic rings. The Morgan fingerprint density at radius 3 is 2.27 bits per heavy atom. The fourth-order valence-electron chi connectivity index (χ4n) is 2.54. The van der Waals surface area contributed by atoms with Crippen LogP contribution in [0.25, 0.3) is 0 Å². The predicted octanol–water partition coefficient (Wildman–Crippen LogP) is 3.07. The van der Waals surface area contributed by atoms with Crippen LogP contribution in [-0.2, 0) is 5.41 Å². The minimum atomic E-state index is 0.0347. The molecule has 0 heterocycles. The number of hydrogen-bond donors (Lipinski definition) is 1. The predicted molar refractivity (Wildman–Crippen MR) is 65.1 cm³/mol. The van der Waals surface area contributed by atoms with Crippen molar-refractivity contribution in [2.45, 2.75) is 51.5 Å². The first-order valence-electron chi connectivity index (χ1n) is 5.73. The molecule has 1 nitrogen and oxygen atoms in total. The molecule has 1 saturated carbocycles. The van der Waals surface area contributed by atoms with Gasteiger partial charge in [0.2, 0.25) is 0 Å². The Kier molecular flexibility index (Phi) is 2.20. The minimum Gasteiger partial charge on any atom is -0.324 e. The minimum absolute atomic E-state index is 0.0347. The van der Waals surface area contributed by atoms with Crippen molar-refractivity contribution in [1.82, 2.24) is 0 Å². The molecule has 0 atom stereocenters. The molecule has 1 aromatic carbocycles. The van der Waals surface area contributed by atoms with Crippen LogP contribution in [0.5, 0.6) is 0 Å². The van der Waals surface area contributed by atoms with Gasteiger partial charge in [0.15, 0.2) is 0 Å². The van der Waals surface area contributed by atoms with Gasteiger partial charge in [0.05, 0.1) is 0 Å². The molecule has 0 spiro atoms. The maximum Gasteiger partial charge on any atom is 0.0248 e. The van der Waals surface area contributed by atoms with Crippen molar-refractivity contribution < 1.29 is 0 Å². The molecule has 1 aromatic rings. The van der Waals surface area contributed by atoms with Crippen LogP contribution < -0.4 is 5.73 Å². The summed E-state index contributed by atoms with van der Waals surface area (Å²) in [5.41, 5.74) is 10.6. The van der Waals surface area contributed by atoms with Gasteiger partial charge in [-0.15, -0.1) is 0 Å². The van der Waals surface area contributed by atoms with Crippen LogP contribution >= 0.6 is 0 Å². The maximum absolute atomic E-state index is 6.36. The number of benzene rings is 1. The van der Waals surface area contributed by atoms with Crippen LogP contribution in [0.3, 0.4) is 0 Å². The van der Waals surface area contributed by atoms with E-state index >= 15 is 0 Å². The Morgan fingerprint density at radius 2 is 1.80 bits per heavy atom. The SMILES string of the molecule is Cc1ccc(C(C)(C)C2(N)CC2)c(C)c1. The summed E-state index contributed by atoms with van der Waals surface area (Å²) < 4.78 is 0. The van der Waals surface area contributed by atoms with Gasteiger partial charge in [-0.05, 0) is 37.8 Å². The van der Waals surface area contributed by atoms with E-state index in [1.807, 2.05) is 0 Å². The number of rotatable bonds is 2. The lowest BCUT2D eigenvalue weighted by molar-refractivity contribution is 0.389. The lowest BCUT2D eigenvalue weighted by Gasteiger charge is -2.34. The van der Waals surface area contributed by atoms with Crippen molar-refractivity contribution in [3.05, 3.63) is 34.9 Å². The standard InChI is InChI=1S/C14H21N/c1-10-5-6-12(11(2)9-10)13(3,4)14(15)7-8-14/h5-6,9H,7-8,15H2,1-4H3. The van der Waals surface area contributed by atoms with E-state index < -0.39 is 0 Å². The molecule has 0 radical (unpaired) electrons. The summed E-state index contributed by atoms with van der Waals surface area (Å²) in [7, 11) is 0. The summed E-state index contributed by atoms with van der Waals surface area (Å²) in [6.45, 7) is 8.88. The van der Waals surface area contributed by atoms with E-state index in [1.165, 1.54) is 16.7 Å². The van der Waals surface area contributed by atoms with Gasteiger partial charge in [0.25, 0.3) is 0 Å². The van der Waals surface area contributed by atoms with E-state index in [9.17, 15) is 0 Å². The molecule has 2 rings (SSSR count). The third-order valence-electron chi connectivity index (χ3n) is 4.09. The largest absolute Gasteiger partial charge is 0.324 e. The van der Waals surface area contributed by atoms with Crippen LogP contribution in [-0.4, -0.2) is 5.54 Å². The van der Waals surface area contributed by atoms with Crippen LogP contribution in [0, 0.1) is 13.8 Å². The van der Waals surface area contributed by atoms with Crippen molar-refractivity contribution in [3.63, 3.8) is 0 Å². The van der Waals surface area contributed by atoms with Gasteiger partial charge in [-0.1, -0.05) is 37.6 Å². The highest BCUT2D eigenvalue weighted by Crippen LogP contribution is 2.49. The zero-order valence-corrected chi connectivity index (χ0v) is 10.2. The second kappa shape index (κ2) is 3.08. The first kappa shape index (κ1) is 10.7. The zero-order valence-electron chi connectivity index (χ0n) is 10.2. The fourth-order valence-corrected chi connectivity index (χ4v) is 2.54. The van der Waals surface area contributed by atoms with Gasteiger partial charge in [-0.3, -0.25) is 0 Å². The average molecular weight is 203 g/mol. The summed E-state index contributed by atoms with van der Waals surface area (Å²) in [5.74, 6) is 0. The summed E-state index contributed by atoms with van der Waals surface area (Å²) in [6, 6.07) is 6.69. The van der Waals surface area contributed by atoms with Crippen LogP contribution in [0.2, 0.25) is 0 Å². The summed E-state index contributed by atoms with van der Waals surface area (Å²) in [5, 5.41) is 0. The molecular weight excluding hydrogens is 182 g/mol. The molecule has 0 unspecified atom stereocenters. The Bertz CT molecular complexity index is 386. The molecule has 0 bridgehead atoms. The van der Waals surface area contributed by atoms with Crippen molar-refractivity contribution in [2.24, 2.45) is 5.73 Å². The number of hydrogen-bond acceptors (Lipinski definition) is 1. The normalized spacial score (nSPS) is 19.0. The van der Waals surface area contributed by atoms with Crippen molar-refractivity contribution >= 4 is 0 Å². The summed E-state index contributed by atoms with van der Waals surface area (Å²) in [6.07, 6.45) is 2.32. The Hall–Kier alpha value is -0.820. The molecular formula is C14H21N. The van der Waals surface area contributed by atoms with Gasteiger partial charge < -0.3 is 5.73 Å². The third kappa shape index (κ3) is 1.59. The molecule has 1 heteroatoms. The molecule has 15 heavy (non-hydrogen) atoms. The Morgan fingerprint density at radius 1 is 1.20 bits per heavy atom. The molecule has 2 N–H and O–H groups in total. The molecule has 0 saturated heterocycles. The van der Waals surface area contributed by atoms with Gasteiger partial charge >= 0.3 is 0 Å². The van der Waals surface area contributed by atoms with Crippen LogP contribution in [0.1, 0.15) is 43.4 Å². The molecule has 1 aliphatic carbocycles. The smallest absolute Gasteiger partial charge is 0.0248 e. The van der Waals surface area contributed by atoms with Gasteiger partial charge in [-0.25, -0.2) is 0 Å². The van der Waals surface area contributed by atoms with Crippen molar-refractivity contribution in [2.75, 3.05) is 0 Å². The van der Waals surface area contributed by atoms with E-state index in [0.717, 1.165) is 12.8 Å². The molecule has 1 fully saturated rings. The number of aryl methyl sites for hydroxylation is 2. The van der Waals surface area contributed by atoms with Crippen LogP contribution in [0.15, 0.2) is 18.2 Å². The van der Waals surface area contributed by atoms with Crippen molar-refractivity contribution in [1.29, 1.82) is 0 Å². The highest BCUT2D eigenvalue weighted by Gasteiger charge is 2.52. The highest BCUT2D eigenvalue weighted by atomic mass is 14.9. The second-order valence-electron chi connectivity index (χ2n) is 5.60. The Labute approximate surface area is 92.7 Å². The van der Waals surface area contributed by atoms with E-state index in [1.54, 1.807) is 0 Å². The average Bonchev–Trinajstić information content (AvgIpc) is 2.84. The summed E-state index contributed by atoms with van der Waals surface area (Å²) in [4.78, 5) is 0. The Balaban J connectivity index is 2.45. The van der Waals surface area contributed by atoms with E-state index in [4.69, 9.17) is 5.73 Å². The number of nitrogens with two attached hydrogens (primary N) is 1. The first-order valence-corrected chi connectivity index (χ1v) is 5.73. The third-order valence-corrected chi connectivity index (χ3v) is 4.09. The summed E-state index contributed by atoms with van der Waals surface area (Å²) >= 11 is 0. The molecule has 82 valence electrons. The van der Waals surface area contributed by atoms with E-state index in [2.05, 4.69) is 45.9 Å². The lowest BCUT2D eigenvalue weighted by atomic mass is 9.74. The van der Waals surface area contributed by atoms with Gasteiger partial charge in [0.1, 0.15) is 0 Å².